The maximum absolute atomic E-state index is 13.1. The first-order valence-electron chi connectivity index (χ1n) is 13.1. The van der Waals surface area contributed by atoms with E-state index < -0.39 is 35.1 Å². The number of oxime groups is 1. The number of β-lactam (4-membered cyclic amide) rings is 1. The molecular formula is C28H25N8O6S2+. The molecule has 0 radical (unpaired) electrons. The number of nitrogen functional groups attached to an aromatic ring is 1. The molecule has 5 N–H and O–H groups in total. The number of thioether (sulfide) groups is 1. The Balaban J connectivity index is 1.30. The largest absolute Gasteiger partial charge is 0.477 e. The van der Waals surface area contributed by atoms with Gasteiger partial charge in [-0.3, -0.25) is 24.6 Å². The molecule has 2 aromatic heterocycles. The number of hydrogen-bond donors (Lipinski definition) is 4. The van der Waals surface area contributed by atoms with Gasteiger partial charge in [0, 0.05) is 33.5 Å². The van der Waals surface area contributed by atoms with E-state index in [-0.39, 0.29) is 28.8 Å². The van der Waals surface area contributed by atoms with Crippen LogP contribution in [0.15, 0.2) is 70.6 Å². The van der Waals surface area contributed by atoms with Gasteiger partial charge in [0.05, 0.1) is 0 Å². The zero-order chi connectivity index (χ0) is 31.4. The molecule has 2 aliphatic rings. The van der Waals surface area contributed by atoms with Gasteiger partial charge in [-0.05, 0) is 30.7 Å². The lowest BCUT2D eigenvalue weighted by atomic mass is 10.0. The van der Waals surface area contributed by atoms with Crippen molar-refractivity contribution in [2.45, 2.75) is 24.9 Å². The van der Waals surface area contributed by atoms with Gasteiger partial charge < -0.3 is 21.0 Å². The van der Waals surface area contributed by atoms with Crippen LogP contribution in [0.3, 0.4) is 0 Å². The van der Waals surface area contributed by atoms with Crippen molar-refractivity contribution in [1.82, 2.24) is 20.5 Å². The van der Waals surface area contributed by atoms with Gasteiger partial charge in [-0.25, -0.2) is 14.3 Å². The first-order chi connectivity index (χ1) is 21.2. The van der Waals surface area contributed by atoms with Crippen LogP contribution in [0.4, 0.5) is 5.13 Å². The predicted octanol–water partition coefficient (Wildman–Crippen LogP) is 1.11. The van der Waals surface area contributed by atoms with Crippen molar-refractivity contribution in [3.05, 3.63) is 76.7 Å². The van der Waals surface area contributed by atoms with E-state index in [9.17, 15) is 24.3 Å². The normalized spacial score (nSPS) is 18.0. The smallest absolute Gasteiger partial charge is 0.352 e. The molecule has 16 heteroatoms. The van der Waals surface area contributed by atoms with Crippen LogP contribution >= 0.6 is 23.1 Å². The number of thiazole rings is 1. The van der Waals surface area contributed by atoms with Crippen molar-refractivity contribution in [3.8, 4) is 6.19 Å². The fraction of sp³-hybridized carbons (Fsp3) is 0.214. The number of carbonyl (C=O) groups excluding carboxylic acids is 3. The minimum absolute atomic E-state index is 0.141. The number of carbonyl (C=O) groups is 4. The summed E-state index contributed by atoms with van der Waals surface area (Å²) in [5.74, 6) is -2.72. The van der Waals surface area contributed by atoms with Gasteiger partial charge in [0.25, 0.3) is 17.7 Å². The third-order valence-corrected chi connectivity index (χ3v) is 8.65. The minimum Gasteiger partial charge on any atom is -0.477 e. The van der Waals surface area contributed by atoms with Crippen molar-refractivity contribution in [3.63, 3.8) is 0 Å². The molecule has 4 heterocycles. The summed E-state index contributed by atoms with van der Waals surface area (Å²) >= 11 is 2.45. The van der Waals surface area contributed by atoms with E-state index in [2.05, 4.69) is 20.8 Å². The number of aromatic nitrogens is 2. The van der Waals surface area contributed by atoms with Crippen molar-refractivity contribution in [2.75, 3.05) is 18.1 Å². The molecule has 2 aliphatic heterocycles. The number of allylic oxidation sites excluding steroid dienone is 2. The fourth-order valence-electron chi connectivity index (χ4n) is 4.73. The van der Waals surface area contributed by atoms with E-state index >= 15 is 0 Å². The Bertz CT molecular complexity index is 1810. The highest BCUT2D eigenvalue weighted by Gasteiger charge is 2.54. The summed E-state index contributed by atoms with van der Waals surface area (Å²) in [5.41, 5.74) is 6.42. The van der Waals surface area contributed by atoms with Crippen LogP contribution in [0.25, 0.3) is 10.8 Å². The zero-order valence-electron chi connectivity index (χ0n) is 23.1. The quantitative estimate of drug-likeness (QED) is 0.0625. The highest BCUT2D eigenvalue weighted by atomic mass is 32.2. The summed E-state index contributed by atoms with van der Waals surface area (Å²) in [6, 6.07) is 5.98. The van der Waals surface area contributed by atoms with Gasteiger partial charge >= 0.3 is 5.97 Å². The molecule has 14 nitrogen and oxygen atoms in total. The summed E-state index contributed by atoms with van der Waals surface area (Å²) in [5, 5.41) is 30.0. The lowest BCUT2D eigenvalue weighted by Crippen LogP contribution is -2.71. The number of nitriles is 1. The van der Waals surface area contributed by atoms with Gasteiger partial charge in [-0.1, -0.05) is 17.3 Å². The lowest BCUT2D eigenvalue weighted by molar-refractivity contribution is -0.685. The molecule has 44 heavy (non-hydrogen) atoms. The summed E-state index contributed by atoms with van der Waals surface area (Å²) in [6.45, 7) is 2.28. The first kappa shape index (κ1) is 30.2. The second kappa shape index (κ2) is 12.9. The molecule has 0 bridgehead atoms. The number of carboxylic acids is 1. The van der Waals surface area contributed by atoms with Crippen LogP contribution in [-0.4, -0.2) is 68.2 Å². The Kier molecular flexibility index (Phi) is 8.88. The molecule has 1 aromatic carbocycles. The highest BCUT2D eigenvalue weighted by molar-refractivity contribution is 8.00. The SMILES string of the molecule is CCO/N=C(\C(=O)N[C@@H]1C(=O)N2C(C(=O)O)=C(/C=C/C[n+]3ccc4c(C(=O)NC#N)cccc4c3)CS[C@H]12)c1csc(N)n1. The summed E-state index contributed by atoms with van der Waals surface area (Å²) < 4.78 is 1.85. The lowest BCUT2D eigenvalue weighted by Gasteiger charge is -2.49. The third kappa shape index (κ3) is 5.96. The first-order valence-corrected chi connectivity index (χ1v) is 15.1. The average Bonchev–Trinajstić information content (AvgIpc) is 3.44. The Hall–Kier alpha value is -5.27. The predicted molar refractivity (Wildman–Crippen MR) is 161 cm³/mol. The Morgan fingerprint density at radius 3 is 2.89 bits per heavy atom. The van der Waals surface area contributed by atoms with E-state index in [0.717, 1.165) is 16.7 Å². The van der Waals surface area contributed by atoms with Crippen molar-refractivity contribution in [2.24, 2.45) is 5.16 Å². The monoisotopic (exact) mass is 633 g/mol. The Labute approximate surface area is 258 Å². The molecular weight excluding hydrogens is 608 g/mol. The molecule has 3 aromatic rings. The van der Waals surface area contributed by atoms with E-state index in [1.807, 2.05) is 16.8 Å². The number of nitrogens with two attached hydrogens (primary N) is 1. The number of amides is 3. The molecule has 1 saturated heterocycles. The number of carboxylic acid groups (broad SMARTS) is 1. The number of pyridine rings is 1. The second-order valence-corrected chi connectivity index (χ2v) is 11.4. The number of hydrogen-bond acceptors (Lipinski definition) is 11. The number of nitrogens with zero attached hydrogens (tertiary/aromatic N) is 5. The van der Waals surface area contributed by atoms with E-state index in [4.69, 9.17) is 15.8 Å². The fourth-order valence-corrected chi connectivity index (χ4v) is 6.60. The molecule has 5 rings (SSSR count). The number of aliphatic carboxylic acids is 1. The number of rotatable bonds is 10. The highest BCUT2D eigenvalue weighted by Crippen LogP contribution is 2.40. The Morgan fingerprint density at radius 2 is 2.18 bits per heavy atom. The van der Waals surface area contributed by atoms with Gasteiger partial charge in [-0.2, -0.15) is 5.26 Å². The minimum atomic E-state index is -1.26. The van der Waals surface area contributed by atoms with Crippen molar-refractivity contribution < 1.29 is 33.7 Å². The van der Waals surface area contributed by atoms with Crippen LogP contribution in [-0.2, 0) is 25.8 Å². The van der Waals surface area contributed by atoms with E-state index in [0.29, 0.717) is 28.8 Å². The maximum atomic E-state index is 13.1. The van der Waals surface area contributed by atoms with Gasteiger partial charge in [0.2, 0.25) is 0 Å². The van der Waals surface area contributed by atoms with Gasteiger partial charge in [0.15, 0.2) is 36.0 Å². The van der Waals surface area contributed by atoms with Gasteiger partial charge in [-0.15, -0.1) is 23.1 Å². The van der Waals surface area contributed by atoms with E-state index in [1.165, 1.54) is 16.7 Å². The van der Waals surface area contributed by atoms with Crippen LogP contribution in [0, 0.1) is 11.5 Å². The molecule has 3 amide bonds. The molecule has 0 spiro atoms. The van der Waals surface area contributed by atoms with Crippen LogP contribution in [0.5, 0.6) is 0 Å². The molecule has 0 aliphatic carbocycles. The zero-order valence-corrected chi connectivity index (χ0v) is 24.7. The number of nitrogens with one attached hydrogen (secondary N) is 2. The van der Waals surface area contributed by atoms with Crippen molar-refractivity contribution >= 4 is 68.4 Å². The molecule has 2 atom stereocenters. The second-order valence-electron chi connectivity index (χ2n) is 9.39. The molecule has 0 saturated carbocycles. The molecule has 1 fully saturated rings. The van der Waals surface area contributed by atoms with E-state index in [1.54, 1.807) is 55.0 Å². The van der Waals surface area contributed by atoms with Crippen LogP contribution in [0.2, 0.25) is 0 Å². The summed E-state index contributed by atoms with van der Waals surface area (Å²) in [7, 11) is 0. The number of benzene rings is 1. The Morgan fingerprint density at radius 1 is 1.36 bits per heavy atom. The maximum Gasteiger partial charge on any atom is 0.352 e. The summed E-state index contributed by atoms with van der Waals surface area (Å²) in [6.07, 6.45) is 8.67. The van der Waals surface area contributed by atoms with Gasteiger partial charge in [0.1, 0.15) is 29.4 Å². The average molecular weight is 634 g/mol. The van der Waals surface area contributed by atoms with Crippen molar-refractivity contribution in [1.29, 1.82) is 5.26 Å². The molecule has 224 valence electrons. The number of fused-ring (bicyclic) bond motifs is 2. The molecule has 0 unspecified atom stereocenters. The third-order valence-electron chi connectivity index (χ3n) is 6.68. The number of anilines is 1. The summed E-state index contributed by atoms with van der Waals surface area (Å²) in [4.78, 5) is 60.9. The standard InChI is InChI=1S/C28H24N8O6S2/c1-2-42-34-20(19-13-44-28(30)32-19)24(38)33-21-25(39)36-22(27(40)41)16(12-43-26(21)36)6-4-9-35-10-8-17-15(11-35)5-3-7-18(17)23(37)31-14-29/h3-8,10-11,13,21,26H,2,9,12H2,1H3,(H4-,30,31,32,33,37,38,40,41)/p+1/b6-4+,34-20-/t21-,26-/m1/s1. The van der Waals surface area contributed by atoms with Crippen LogP contribution in [0.1, 0.15) is 23.0 Å². The topological polar surface area (TPSA) is 204 Å². The van der Waals surface area contributed by atoms with Crippen LogP contribution < -0.4 is 20.9 Å².